The molecule has 27 heavy (non-hydrogen) atoms. The van der Waals surface area contributed by atoms with Crippen molar-refractivity contribution in [2.24, 2.45) is 0 Å². The highest BCUT2D eigenvalue weighted by Crippen LogP contribution is 2.26. The fraction of sp³-hybridized carbons (Fsp3) is 0.667. The Morgan fingerprint density at radius 2 is 1.48 bits per heavy atom. The van der Waals surface area contributed by atoms with Crippen LogP contribution in [-0.2, 0) is 20.0 Å². The van der Waals surface area contributed by atoms with Gasteiger partial charge in [-0.2, -0.15) is 4.31 Å². The standard InChI is InChI=1S/C18H27N3O4S2/c22-26(23,19-15-4-1-2-5-15)17-7-9-18(10-8-17)27(24,25)21-13-12-20-11-3-6-16(20)14-21/h7-10,15-16,19H,1-6,11-14H2/t16-/m1/s1. The van der Waals surface area contributed by atoms with Crippen LogP contribution >= 0.6 is 0 Å². The van der Waals surface area contributed by atoms with Gasteiger partial charge in [-0.3, -0.25) is 4.90 Å². The summed E-state index contributed by atoms with van der Waals surface area (Å²) < 4.78 is 55.2. The Morgan fingerprint density at radius 3 is 2.19 bits per heavy atom. The monoisotopic (exact) mass is 413 g/mol. The van der Waals surface area contributed by atoms with E-state index < -0.39 is 20.0 Å². The van der Waals surface area contributed by atoms with Crippen molar-refractivity contribution < 1.29 is 16.8 Å². The molecule has 1 saturated carbocycles. The minimum Gasteiger partial charge on any atom is -0.298 e. The molecule has 0 aromatic heterocycles. The first-order valence-corrected chi connectivity index (χ1v) is 12.7. The van der Waals surface area contributed by atoms with Gasteiger partial charge in [0.05, 0.1) is 9.79 Å². The molecule has 0 bridgehead atoms. The Kier molecular flexibility index (Phi) is 5.32. The van der Waals surface area contributed by atoms with Crippen LogP contribution in [0.4, 0.5) is 0 Å². The summed E-state index contributed by atoms with van der Waals surface area (Å²) in [5, 5.41) is 0. The van der Waals surface area contributed by atoms with E-state index in [2.05, 4.69) is 9.62 Å². The zero-order valence-electron chi connectivity index (χ0n) is 15.4. The third-order valence-electron chi connectivity index (χ3n) is 6.00. The Morgan fingerprint density at radius 1 is 0.815 bits per heavy atom. The van der Waals surface area contributed by atoms with Crippen LogP contribution < -0.4 is 4.72 Å². The molecule has 1 atom stereocenters. The molecular weight excluding hydrogens is 386 g/mol. The molecule has 2 saturated heterocycles. The van der Waals surface area contributed by atoms with Crippen molar-refractivity contribution in [3.63, 3.8) is 0 Å². The molecule has 9 heteroatoms. The quantitative estimate of drug-likeness (QED) is 0.788. The average molecular weight is 414 g/mol. The Labute approximate surface area is 161 Å². The van der Waals surface area contributed by atoms with E-state index in [1.165, 1.54) is 24.3 Å². The molecule has 0 amide bonds. The lowest BCUT2D eigenvalue weighted by Gasteiger charge is -2.36. The summed E-state index contributed by atoms with van der Waals surface area (Å²) in [6, 6.07) is 5.93. The molecule has 0 unspecified atom stereocenters. The van der Waals surface area contributed by atoms with E-state index in [-0.39, 0.29) is 15.8 Å². The second-order valence-corrected chi connectivity index (χ2v) is 11.4. The number of sulfonamides is 2. The number of hydrogen-bond donors (Lipinski definition) is 1. The van der Waals surface area contributed by atoms with Gasteiger partial charge in [0.1, 0.15) is 0 Å². The minimum atomic E-state index is -3.61. The van der Waals surface area contributed by atoms with Gasteiger partial charge in [0.2, 0.25) is 20.0 Å². The Bertz CT molecular complexity index is 878. The molecule has 4 rings (SSSR count). The number of hydrogen-bond acceptors (Lipinski definition) is 5. The summed E-state index contributed by atoms with van der Waals surface area (Å²) in [4.78, 5) is 2.64. The van der Waals surface area contributed by atoms with Gasteiger partial charge in [-0.05, 0) is 56.5 Å². The zero-order valence-corrected chi connectivity index (χ0v) is 17.0. The van der Waals surface area contributed by atoms with Crippen molar-refractivity contribution in [1.29, 1.82) is 0 Å². The van der Waals surface area contributed by atoms with Gasteiger partial charge >= 0.3 is 0 Å². The normalized spacial score (nSPS) is 25.7. The fourth-order valence-electron chi connectivity index (χ4n) is 4.45. The zero-order chi connectivity index (χ0) is 19.1. The second-order valence-electron chi connectivity index (χ2n) is 7.77. The second kappa shape index (κ2) is 7.44. The van der Waals surface area contributed by atoms with E-state index in [1.54, 1.807) is 4.31 Å². The predicted octanol–water partition coefficient (Wildman–Crippen LogP) is 1.38. The van der Waals surface area contributed by atoms with Crippen molar-refractivity contribution in [3.8, 4) is 0 Å². The number of rotatable bonds is 5. The maximum Gasteiger partial charge on any atom is 0.243 e. The van der Waals surface area contributed by atoms with Crippen LogP contribution in [-0.4, -0.2) is 64.3 Å². The number of piperazine rings is 1. The van der Waals surface area contributed by atoms with E-state index in [0.717, 1.165) is 51.6 Å². The van der Waals surface area contributed by atoms with Crippen molar-refractivity contribution in [2.75, 3.05) is 26.2 Å². The molecule has 0 radical (unpaired) electrons. The molecule has 7 nitrogen and oxygen atoms in total. The Balaban J connectivity index is 1.49. The number of benzene rings is 1. The summed E-state index contributed by atoms with van der Waals surface area (Å²) in [6.45, 7) is 2.83. The first-order chi connectivity index (χ1) is 12.9. The number of fused-ring (bicyclic) bond motifs is 1. The number of nitrogens with one attached hydrogen (secondary N) is 1. The predicted molar refractivity (Wildman–Crippen MR) is 102 cm³/mol. The van der Waals surface area contributed by atoms with Gasteiger partial charge in [-0.1, -0.05) is 12.8 Å². The summed E-state index contributed by atoms with van der Waals surface area (Å²) in [6.07, 6.45) is 5.96. The highest BCUT2D eigenvalue weighted by molar-refractivity contribution is 7.89. The van der Waals surface area contributed by atoms with E-state index in [1.807, 2.05) is 0 Å². The SMILES string of the molecule is O=S(=O)(NC1CCCC1)c1ccc(S(=O)(=O)N2CCN3CCC[C@@H]3C2)cc1. The molecule has 2 heterocycles. The lowest BCUT2D eigenvalue weighted by atomic mass is 10.2. The maximum absolute atomic E-state index is 13.0. The molecule has 1 aliphatic carbocycles. The fourth-order valence-corrected chi connectivity index (χ4v) is 7.23. The summed E-state index contributed by atoms with van der Waals surface area (Å²) in [7, 11) is -7.20. The van der Waals surface area contributed by atoms with Crippen LogP contribution in [0.25, 0.3) is 0 Å². The summed E-state index contributed by atoms with van der Waals surface area (Å²) in [5.74, 6) is 0. The van der Waals surface area contributed by atoms with Gasteiger partial charge in [0.25, 0.3) is 0 Å². The van der Waals surface area contributed by atoms with Crippen LogP contribution in [0.5, 0.6) is 0 Å². The van der Waals surface area contributed by atoms with Gasteiger partial charge in [0.15, 0.2) is 0 Å². The lowest BCUT2D eigenvalue weighted by molar-refractivity contribution is 0.158. The van der Waals surface area contributed by atoms with Gasteiger partial charge < -0.3 is 0 Å². The molecular formula is C18H27N3O4S2. The third kappa shape index (κ3) is 3.93. The molecule has 150 valence electrons. The highest BCUT2D eigenvalue weighted by atomic mass is 32.2. The molecule has 1 aromatic carbocycles. The van der Waals surface area contributed by atoms with Crippen LogP contribution in [0.3, 0.4) is 0 Å². The van der Waals surface area contributed by atoms with Crippen molar-refractivity contribution in [2.45, 2.75) is 60.4 Å². The minimum absolute atomic E-state index is 0.0129. The summed E-state index contributed by atoms with van der Waals surface area (Å²) >= 11 is 0. The maximum atomic E-state index is 13.0. The largest absolute Gasteiger partial charge is 0.298 e. The van der Waals surface area contributed by atoms with Crippen molar-refractivity contribution in [1.82, 2.24) is 13.9 Å². The number of nitrogens with zero attached hydrogens (tertiary/aromatic N) is 2. The smallest absolute Gasteiger partial charge is 0.243 e. The molecule has 0 spiro atoms. The highest BCUT2D eigenvalue weighted by Gasteiger charge is 2.36. The van der Waals surface area contributed by atoms with Crippen LogP contribution in [0.1, 0.15) is 38.5 Å². The van der Waals surface area contributed by atoms with E-state index in [0.29, 0.717) is 19.1 Å². The van der Waals surface area contributed by atoms with E-state index >= 15 is 0 Å². The van der Waals surface area contributed by atoms with Crippen LogP contribution in [0.2, 0.25) is 0 Å². The van der Waals surface area contributed by atoms with Crippen LogP contribution in [0, 0.1) is 0 Å². The van der Waals surface area contributed by atoms with E-state index in [9.17, 15) is 16.8 Å². The van der Waals surface area contributed by atoms with Crippen molar-refractivity contribution in [3.05, 3.63) is 24.3 Å². The molecule has 1 aromatic rings. The Hall–Kier alpha value is -1.00. The van der Waals surface area contributed by atoms with Crippen LogP contribution in [0.15, 0.2) is 34.1 Å². The molecule has 1 N–H and O–H groups in total. The van der Waals surface area contributed by atoms with Crippen molar-refractivity contribution >= 4 is 20.0 Å². The van der Waals surface area contributed by atoms with E-state index in [4.69, 9.17) is 0 Å². The molecule has 3 aliphatic rings. The first-order valence-electron chi connectivity index (χ1n) is 9.73. The lowest BCUT2D eigenvalue weighted by Crippen LogP contribution is -2.51. The van der Waals surface area contributed by atoms with Gasteiger partial charge in [-0.25, -0.2) is 21.6 Å². The van der Waals surface area contributed by atoms with Gasteiger partial charge in [-0.15, -0.1) is 0 Å². The third-order valence-corrected chi connectivity index (χ3v) is 9.41. The average Bonchev–Trinajstić information content (AvgIpc) is 3.32. The topological polar surface area (TPSA) is 86.8 Å². The molecule has 2 aliphatic heterocycles. The first kappa shape index (κ1) is 19.3. The van der Waals surface area contributed by atoms with Gasteiger partial charge in [0, 0.05) is 31.7 Å². The summed E-state index contributed by atoms with van der Waals surface area (Å²) in [5.41, 5.74) is 0. The molecule has 3 fully saturated rings.